The monoisotopic (exact) mass is 319 g/mol. The second-order valence-corrected chi connectivity index (χ2v) is 5.12. The maximum absolute atomic E-state index is 10.8. The Labute approximate surface area is 132 Å². The molecule has 1 aromatic carbocycles. The summed E-state index contributed by atoms with van der Waals surface area (Å²) >= 11 is 0. The Morgan fingerprint density at radius 3 is 2.91 bits per heavy atom. The van der Waals surface area contributed by atoms with Gasteiger partial charge in [0.05, 0.1) is 17.5 Å². The number of carbonyl (C=O) groups is 1. The first kappa shape index (κ1) is 16.6. The van der Waals surface area contributed by atoms with Crippen LogP contribution in [0.25, 0.3) is 11.3 Å². The number of nitrogens with zero attached hydrogens (tertiary/aromatic N) is 3. The fourth-order valence-corrected chi connectivity index (χ4v) is 2.02. The molecule has 1 aromatic heterocycles. The van der Waals surface area contributed by atoms with Gasteiger partial charge in [0, 0.05) is 37.2 Å². The Morgan fingerprint density at radius 2 is 2.22 bits per heavy atom. The second-order valence-electron chi connectivity index (χ2n) is 5.12. The highest BCUT2D eigenvalue weighted by molar-refractivity contribution is 5.66. The number of non-ortho nitro benzene ring substituents is 1. The fraction of sp³-hybridized carbons (Fsp3) is 0.333. The number of carboxylic acids is 1. The van der Waals surface area contributed by atoms with Crippen LogP contribution in [0.1, 0.15) is 12.3 Å². The third-order valence-corrected chi connectivity index (χ3v) is 3.31. The number of aliphatic carboxylic acids is 1. The van der Waals surface area contributed by atoms with E-state index in [1.54, 1.807) is 12.1 Å². The van der Waals surface area contributed by atoms with Gasteiger partial charge in [0.15, 0.2) is 11.7 Å². The van der Waals surface area contributed by atoms with Gasteiger partial charge in [-0.1, -0.05) is 12.1 Å². The molecule has 0 bridgehead atoms. The molecule has 0 saturated carbocycles. The molecule has 2 rings (SSSR count). The van der Waals surface area contributed by atoms with Gasteiger partial charge in [-0.25, -0.2) is 4.98 Å². The molecule has 0 saturated heterocycles. The lowest BCUT2D eigenvalue weighted by atomic mass is 10.2. The molecule has 0 radical (unpaired) electrons. The van der Waals surface area contributed by atoms with Crippen molar-refractivity contribution in [2.75, 3.05) is 20.1 Å². The number of hydrogen-bond acceptors (Lipinski definition) is 6. The van der Waals surface area contributed by atoms with E-state index >= 15 is 0 Å². The van der Waals surface area contributed by atoms with Gasteiger partial charge in [0.25, 0.3) is 5.69 Å². The van der Waals surface area contributed by atoms with Crippen molar-refractivity contribution in [3.8, 4) is 11.3 Å². The molecule has 0 amide bonds. The lowest BCUT2D eigenvalue weighted by Gasteiger charge is -2.13. The van der Waals surface area contributed by atoms with E-state index in [0.29, 0.717) is 36.7 Å². The zero-order chi connectivity index (χ0) is 16.8. The summed E-state index contributed by atoms with van der Waals surface area (Å²) in [6, 6.07) is 6.16. The summed E-state index contributed by atoms with van der Waals surface area (Å²) in [5, 5.41) is 19.4. The largest absolute Gasteiger partial charge is 0.481 e. The molecule has 0 fully saturated rings. The van der Waals surface area contributed by atoms with Crippen LogP contribution in [-0.2, 0) is 11.2 Å². The molecule has 122 valence electrons. The Kier molecular flexibility index (Phi) is 5.42. The molecular formula is C15H17N3O5. The number of carboxylic acid groups (broad SMARTS) is 1. The maximum atomic E-state index is 10.8. The number of likely N-dealkylation sites (N-methyl/N-ethyl adjacent to an activating group) is 1. The molecule has 0 aliphatic heterocycles. The predicted molar refractivity (Wildman–Crippen MR) is 82.0 cm³/mol. The van der Waals surface area contributed by atoms with Crippen LogP contribution >= 0.6 is 0 Å². The number of aromatic nitrogens is 1. The Balaban J connectivity index is 1.97. The Hall–Kier alpha value is -2.74. The zero-order valence-corrected chi connectivity index (χ0v) is 12.6. The fourth-order valence-electron chi connectivity index (χ4n) is 2.02. The van der Waals surface area contributed by atoms with E-state index in [-0.39, 0.29) is 12.1 Å². The highest BCUT2D eigenvalue weighted by Gasteiger charge is 2.12. The van der Waals surface area contributed by atoms with Gasteiger partial charge >= 0.3 is 5.97 Å². The van der Waals surface area contributed by atoms with Gasteiger partial charge in [-0.05, 0) is 7.05 Å². The highest BCUT2D eigenvalue weighted by Crippen LogP contribution is 2.24. The van der Waals surface area contributed by atoms with Gasteiger partial charge in [0.1, 0.15) is 0 Å². The van der Waals surface area contributed by atoms with E-state index in [1.807, 2.05) is 11.9 Å². The van der Waals surface area contributed by atoms with Crippen LogP contribution in [0.5, 0.6) is 0 Å². The summed E-state index contributed by atoms with van der Waals surface area (Å²) in [5.41, 5.74) is 0.589. The minimum atomic E-state index is -0.832. The number of rotatable bonds is 8. The standard InChI is InChI=1S/C15H17N3O5/c1-17(8-6-15(19)20)7-5-14-16-10-13(23-14)11-3-2-4-12(9-11)18(21)22/h2-4,9-10H,5-8H2,1H3,(H,19,20). The first-order chi connectivity index (χ1) is 11.0. The summed E-state index contributed by atoms with van der Waals surface area (Å²) in [6.45, 7) is 1.07. The van der Waals surface area contributed by atoms with Crippen LogP contribution in [0.15, 0.2) is 34.9 Å². The SMILES string of the molecule is CN(CCC(=O)O)CCc1ncc(-c2cccc([N+](=O)[O-])c2)o1. The molecule has 0 atom stereocenters. The van der Waals surface area contributed by atoms with Crippen molar-refractivity contribution in [1.29, 1.82) is 0 Å². The van der Waals surface area contributed by atoms with Crippen molar-refractivity contribution in [2.24, 2.45) is 0 Å². The average Bonchev–Trinajstić information content (AvgIpc) is 3.00. The molecule has 0 unspecified atom stereocenters. The lowest BCUT2D eigenvalue weighted by Crippen LogP contribution is -2.24. The second kappa shape index (κ2) is 7.50. The summed E-state index contributed by atoms with van der Waals surface area (Å²) in [4.78, 5) is 26.9. The van der Waals surface area contributed by atoms with Gasteiger partial charge in [0.2, 0.25) is 0 Å². The zero-order valence-electron chi connectivity index (χ0n) is 12.6. The van der Waals surface area contributed by atoms with E-state index in [9.17, 15) is 14.9 Å². The molecule has 2 aromatic rings. The third-order valence-electron chi connectivity index (χ3n) is 3.31. The van der Waals surface area contributed by atoms with Gasteiger partial charge in [-0.3, -0.25) is 14.9 Å². The molecular weight excluding hydrogens is 302 g/mol. The van der Waals surface area contributed by atoms with Gasteiger partial charge < -0.3 is 14.4 Å². The summed E-state index contributed by atoms with van der Waals surface area (Å²) in [6.07, 6.45) is 2.15. The van der Waals surface area contributed by atoms with Crippen LogP contribution in [0.4, 0.5) is 5.69 Å². The van der Waals surface area contributed by atoms with Crippen molar-refractivity contribution in [3.63, 3.8) is 0 Å². The molecule has 8 heteroatoms. The first-order valence-corrected chi connectivity index (χ1v) is 7.05. The first-order valence-electron chi connectivity index (χ1n) is 7.05. The Morgan fingerprint density at radius 1 is 1.43 bits per heavy atom. The maximum Gasteiger partial charge on any atom is 0.304 e. The van der Waals surface area contributed by atoms with Crippen LogP contribution in [-0.4, -0.2) is 46.0 Å². The lowest BCUT2D eigenvalue weighted by molar-refractivity contribution is -0.384. The van der Waals surface area contributed by atoms with E-state index in [4.69, 9.17) is 9.52 Å². The third kappa shape index (κ3) is 4.89. The number of benzene rings is 1. The quantitative estimate of drug-likeness (QED) is 0.586. The van der Waals surface area contributed by atoms with E-state index in [1.165, 1.54) is 18.3 Å². The molecule has 0 spiro atoms. The van der Waals surface area contributed by atoms with E-state index in [0.717, 1.165) is 0 Å². The molecule has 8 nitrogen and oxygen atoms in total. The van der Waals surface area contributed by atoms with Crippen molar-refractivity contribution < 1.29 is 19.2 Å². The van der Waals surface area contributed by atoms with Crippen molar-refractivity contribution in [3.05, 3.63) is 46.5 Å². The molecule has 1 heterocycles. The van der Waals surface area contributed by atoms with Crippen LogP contribution in [0.2, 0.25) is 0 Å². The highest BCUT2D eigenvalue weighted by atomic mass is 16.6. The van der Waals surface area contributed by atoms with Crippen LogP contribution < -0.4 is 0 Å². The minimum Gasteiger partial charge on any atom is -0.481 e. The topological polar surface area (TPSA) is 110 Å². The Bertz CT molecular complexity index is 698. The minimum absolute atomic E-state index is 0.00569. The van der Waals surface area contributed by atoms with Gasteiger partial charge in [-0.15, -0.1) is 0 Å². The van der Waals surface area contributed by atoms with Gasteiger partial charge in [-0.2, -0.15) is 0 Å². The van der Waals surface area contributed by atoms with Crippen molar-refractivity contribution in [2.45, 2.75) is 12.8 Å². The van der Waals surface area contributed by atoms with Crippen LogP contribution in [0.3, 0.4) is 0 Å². The normalized spacial score (nSPS) is 10.9. The van der Waals surface area contributed by atoms with E-state index in [2.05, 4.69) is 4.98 Å². The number of oxazole rings is 1. The predicted octanol–water partition coefficient (Wildman–Crippen LogP) is 2.20. The van der Waals surface area contributed by atoms with Crippen molar-refractivity contribution in [1.82, 2.24) is 9.88 Å². The summed E-state index contributed by atoms with van der Waals surface area (Å²) in [7, 11) is 1.83. The summed E-state index contributed by atoms with van der Waals surface area (Å²) in [5.74, 6) is 0.145. The number of nitro groups is 1. The number of nitro benzene ring substituents is 1. The average molecular weight is 319 g/mol. The van der Waals surface area contributed by atoms with Crippen molar-refractivity contribution >= 4 is 11.7 Å². The number of hydrogen-bond donors (Lipinski definition) is 1. The molecule has 0 aliphatic rings. The smallest absolute Gasteiger partial charge is 0.304 e. The van der Waals surface area contributed by atoms with Crippen LogP contribution in [0, 0.1) is 10.1 Å². The molecule has 23 heavy (non-hydrogen) atoms. The molecule has 0 aliphatic carbocycles. The summed E-state index contributed by atoms with van der Waals surface area (Å²) < 4.78 is 5.60. The van der Waals surface area contributed by atoms with E-state index < -0.39 is 10.9 Å². The molecule has 1 N–H and O–H groups in total.